The molecule has 0 unspecified atom stereocenters. The topological polar surface area (TPSA) is 116 Å². The molecular weight excluding hydrogens is 463 g/mol. The SMILES string of the molecule is O=C1C[C@H](C(=O)Nc2cccc(Cl)c2)c2c(nc(Nc3cccc(C(F)(F)F)c3)[nH]c2=O)N1. The fourth-order valence-electron chi connectivity index (χ4n) is 3.36. The molecular formula is C21H15ClF3N5O3. The number of carbonyl (C=O) groups excluding carboxylic acids is 2. The van der Waals surface area contributed by atoms with Gasteiger partial charge in [-0.25, -0.2) is 0 Å². The maximum atomic E-state index is 12.9. The first-order valence-corrected chi connectivity index (χ1v) is 9.93. The van der Waals surface area contributed by atoms with Gasteiger partial charge in [0, 0.05) is 22.8 Å². The summed E-state index contributed by atoms with van der Waals surface area (Å²) in [5, 5.41) is 8.01. The average Bonchev–Trinajstić information content (AvgIpc) is 2.72. The number of nitrogens with zero attached hydrogens (tertiary/aromatic N) is 1. The highest BCUT2D eigenvalue weighted by Crippen LogP contribution is 2.32. The molecule has 0 spiro atoms. The van der Waals surface area contributed by atoms with Crippen molar-refractivity contribution in [2.75, 3.05) is 16.0 Å². The molecule has 4 rings (SSSR count). The van der Waals surface area contributed by atoms with Crippen LogP contribution in [0.1, 0.15) is 23.5 Å². The van der Waals surface area contributed by atoms with E-state index >= 15 is 0 Å². The molecule has 1 atom stereocenters. The number of alkyl halides is 3. The quantitative estimate of drug-likeness (QED) is 0.448. The molecule has 4 N–H and O–H groups in total. The molecule has 3 aromatic rings. The Labute approximate surface area is 189 Å². The van der Waals surface area contributed by atoms with Gasteiger partial charge in [-0.15, -0.1) is 0 Å². The van der Waals surface area contributed by atoms with E-state index in [0.717, 1.165) is 12.1 Å². The van der Waals surface area contributed by atoms with E-state index in [1.54, 1.807) is 18.2 Å². The molecule has 12 heteroatoms. The highest BCUT2D eigenvalue weighted by Gasteiger charge is 2.35. The van der Waals surface area contributed by atoms with Crippen LogP contribution in [0.5, 0.6) is 0 Å². The largest absolute Gasteiger partial charge is 0.416 e. The third-order valence-corrected chi connectivity index (χ3v) is 5.05. The van der Waals surface area contributed by atoms with Crippen LogP contribution in [0.4, 0.5) is 36.3 Å². The minimum Gasteiger partial charge on any atom is -0.326 e. The third kappa shape index (κ3) is 4.98. The summed E-state index contributed by atoms with van der Waals surface area (Å²) in [6, 6.07) is 10.6. The number of benzene rings is 2. The Hall–Kier alpha value is -3.86. The van der Waals surface area contributed by atoms with Crippen LogP contribution in [0, 0.1) is 0 Å². The lowest BCUT2D eigenvalue weighted by molar-refractivity contribution is -0.137. The number of H-pyrrole nitrogens is 1. The lowest BCUT2D eigenvalue weighted by atomic mass is 9.92. The van der Waals surface area contributed by atoms with Crippen LogP contribution < -0.4 is 21.5 Å². The smallest absolute Gasteiger partial charge is 0.326 e. The van der Waals surface area contributed by atoms with Gasteiger partial charge in [-0.2, -0.15) is 18.2 Å². The van der Waals surface area contributed by atoms with E-state index in [9.17, 15) is 27.6 Å². The maximum absolute atomic E-state index is 12.9. The van der Waals surface area contributed by atoms with E-state index in [0.29, 0.717) is 10.7 Å². The number of nitrogens with one attached hydrogen (secondary N) is 4. The first-order chi connectivity index (χ1) is 15.6. The second-order valence-corrected chi connectivity index (χ2v) is 7.62. The number of aromatic amines is 1. The summed E-state index contributed by atoms with van der Waals surface area (Å²) in [5.41, 5.74) is -1.28. The molecule has 1 aromatic heterocycles. The standard InChI is InChI=1S/C21H15ClF3N5O3/c22-11-4-2-6-13(8-11)26-18(32)14-9-15(31)28-17-16(14)19(33)30-20(29-17)27-12-5-1-3-10(7-12)21(23,24)25/h1-8,14H,9H2,(H,26,32)(H3,27,28,29,30,31,33)/t14-/m0/s1. The predicted molar refractivity (Wildman–Crippen MR) is 116 cm³/mol. The minimum atomic E-state index is -4.55. The van der Waals surface area contributed by atoms with Crippen molar-refractivity contribution in [1.82, 2.24) is 9.97 Å². The highest BCUT2D eigenvalue weighted by molar-refractivity contribution is 6.30. The first kappa shape index (κ1) is 22.3. The van der Waals surface area contributed by atoms with Crippen LogP contribution in [0.15, 0.2) is 53.3 Å². The van der Waals surface area contributed by atoms with Crippen LogP contribution in [0.3, 0.4) is 0 Å². The predicted octanol–water partition coefficient (Wildman–Crippen LogP) is 4.25. The van der Waals surface area contributed by atoms with Gasteiger partial charge in [0.1, 0.15) is 5.82 Å². The first-order valence-electron chi connectivity index (χ1n) is 9.55. The normalized spacial score (nSPS) is 15.4. The molecule has 0 radical (unpaired) electrons. The summed E-state index contributed by atoms with van der Waals surface area (Å²) in [6.07, 6.45) is -4.84. The molecule has 1 aliphatic rings. The van der Waals surface area contributed by atoms with Gasteiger partial charge in [-0.3, -0.25) is 19.4 Å². The van der Waals surface area contributed by atoms with E-state index in [-0.39, 0.29) is 29.4 Å². The fraction of sp³-hybridized carbons (Fsp3) is 0.143. The van der Waals surface area contributed by atoms with Gasteiger partial charge in [-0.05, 0) is 36.4 Å². The number of hydrogen-bond acceptors (Lipinski definition) is 5. The van der Waals surface area contributed by atoms with Gasteiger partial charge in [-0.1, -0.05) is 23.7 Å². The molecule has 0 saturated heterocycles. The van der Waals surface area contributed by atoms with Crippen molar-refractivity contribution in [3.05, 3.63) is 75.0 Å². The van der Waals surface area contributed by atoms with Gasteiger partial charge < -0.3 is 16.0 Å². The minimum absolute atomic E-state index is 0.0188. The molecule has 8 nitrogen and oxygen atoms in total. The summed E-state index contributed by atoms with van der Waals surface area (Å²) in [7, 11) is 0. The fourth-order valence-corrected chi connectivity index (χ4v) is 3.55. The highest BCUT2D eigenvalue weighted by atomic mass is 35.5. The van der Waals surface area contributed by atoms with Crippen LogP contribution in [-0.4, -0.2) is 21.8 Å². The Morgan fingerprint density at radius 2 is 1.82 bits per heavy atom. The Kier molecular flexibility index (Phi) is 5.81. The molecule has 0 saturated carbocycles. The second kappa shape index (κ2) is 8.58. The number of fused-ring (bicyclic) bond motifs is 1. The number of amides is 2. The van der Waals surface area contributed by atoms with Gasteiger partial charge in [0.05, 0.1) is 17.0 Å². The number of carbonyl (C=O) groups is 2. The van der Waals surface area contributed by atoms with Crippen LogP contribution in [0.2, 0.25) is 5.02 Å². The zero-order valence-corrected chi connectivity index (χ0v) is 17.3. The van der Waals surface area contributed by atoms with Gasteiger partial charge in [0.25, 0.3) is 5.56 Å². The Morgan fingerprint density at radius 1 is 1.09 bits per heavy atom. The van der Waals surface area contributed by atoms with Crippen molar-refractivity contribution in [2.24, 2.45) is 0 Å². The van der Waals surface area contributed by atoms with Gasteiger partial charge in [0.2, 0.25) is 17.8 Å². The summed E-state index contributed by atoms with van der Waals surface area (Å²) in [5.74, 6) is -2.65. The van der Waals surface area contributed by atoms with Gasteiger partial charge >= 0.3 is 6.18 Å². The summed E-state index contributed by atoms with van der Waals surface area (Å²) in [4.78, 5) is 44.2. The zero-order chi connectivity index (χ0) is 23.8. The number of rotatable bonds is 4. The molecule has 1 aliphatic heterocycles. The molecule has 33 heavy (non-hydrogen) atoms. The van der Waals surface area contributed by atoms with E-state index in [4.69, 9.17) is 11.6 Å². The van der Waals surface area contributed by atoms with Crippen molar-refractivity contribution in [3.8, 4) is 0 Å². The zero-order valence-electron chi connectivity index (χ0n) is 16.6. The van der Waals surface area contributed by atoms with E-state index < -0.39 is 35.0 Å². The average molecular weight is 478 g/mol. The molecule has 0 aliphatic carbocycles. The number of hydrogen-bond donors (Lipinski definition) is 4. The number of aromatic nitrogens is 2. The van der Waals surface area contributed by atoms with Crippen molar-refractivity contribution in [2.45, 2.75) is 18.5 Å². The molecule has 2 aromatic carbocycles. The monoisotopic (exact) mass is 477 g/mol. The molecule has 170 valence electrons. The Balaban J connectivity index is 1.63. The Morgan fingerprint density at radius 3 is 2.55 bits per heavy atom. The van der Waals surface area contributed by atoms with Gasteiger partial charge in [0.15, 0.2) is 0 Å². The molecule has 2 heterocycles. The summed E-state index contributed by atoms with van der Waals surface area (Å²) in [6.45, 7) is 0. The van der Waals surface area contributed by atoms with Crippen LogP contribution in [0.25, 0.3) is 0 Å². The molecule has 0 fully saturated rings. The molecule has 0 bridgehead atoms. The van der Waals surface area contributed by atoms with Crippen molar-refractivity contribution in [3.63, 3.8) is 0 Å². The number of halogens is 4. The number of anilines is 4. The third-order valence-electron chi connectivity index (χ3n) is 4.81. The maximum Gasteiger partial charge on any atom is 0.416 e. The molecule has 2 amide bonds. The van der Waals surface area contributed by atoms with Crippen molar-refractivity contribution < 1.29 is 22.8 Å². The van der Waals surface area contributed by atoms with E-state index in [1.807, 2.05) is 0 Å². The lowest BCUT2D eigenvalue weighted by Crippen LogP contribution is -2.36. The van der Waals surface area contributed by atoms with Crippen molar-refractivity contribution in [1.29, 1.82) is 0 Å². The van der Waals surface area contributed by atoms with Crippen LogP contribution in [-0.2, 0) is 15.8 Å². The van der Waals surface area contributed by atoms with E-state index in [2.05, 4.69) is 25.9 Å². The second-order valence-electron chi connectivity index (χ2n) is 7.18. The Bertz CT molecular complexity index is 1310. The lowest BCUT2D eigenvalue weighted by Gasteiger charge is -2.23. The van der Waals surface area contributed by atoms with E-state index in [1.165, 1.54) is 18.2 Å². The van der Waals surface area contributed by atoms with Crippen LogP contribution >= 0.6 is 11.6 Å². The summed E-state index contributed by atoms with van der Waals surface area (Å²) < 4.78 is 38.8. The summed E-state index contributed by atoms with van der Waals surface area (Å²) >= 11 is 5.91. The van der Waals surface area contributed by atoms with Crippen molar-refractivity contribution >= 4 is 46.6 Å².